The molecule has 4 rings (SSSR count). The number of amides is 1. The molecule has 0 aromatic carbocycles. The Kier molecular flexibility index (Phi) is 5.28. The van der Waals surface area contributed by atoms with Gasteiger partial charge in [0.05, 0.1) is 19.3 Å². The van der Waals surface area contributed by atoms with Gasteiger partial charge in [-0.15, -0.1) is 11.3 Å². The lowest BCUT2D eigenvalue weighted by Crippen LogP contribution is -2.44. The van der Waals surface area contributed by atoms with E-state index in [4.69, 9.17) is 4.74 Å². The molecule has 1 aliphatic heterocycles. The van der Waals surface area contributed by atoms with Crippen molar-refractivity contribution in [1.29, 1.82) is 0 Å². The van der Waals surface area contributed by atoms with Gasteiger partial charge in [-0.3, -0.25) is 18.9 Å². The van der Waals surface area contributed by atoms with E-state index in [-0.39, 0.29) is 17.2 Å². The summed E-state index contributed by atoms with van der Waals surface area (Å²) in [5.41, 5.74) is 0.201. The molecule has 0 unspecified atom stereocenters. The number of morpholine rings is 1. The molecule has 0 radical (unpaired) electrons. The van der Waals surface area contributed by atoms with Crippen molar-refractivity contribution < 1.29 is 9.53 Å². The Bertz CT molecular complexity index is 980. The van der Waals surface area contributed by atoms with E-state index in [0.29, 0.717) is 25.4 Å². The van der Waals surface area contributed by atoms with Gasteiger partial charge in [0.25, 0.3) is 11.5 Å². The van der Waals surface area contributed by atoms with E-state index in [1.165, 1.54) is 15.5 Å². The van der Waals surface area contributed by atoms with Crippen LogP contribution in [-0.2, 0) is 4.74 Å². The standard InChI is InChI=1S/C19H20N4O3S/c24-18(14-12-20-17-5-1-2-6-23(17)19(14)25)21-13-15(16-4-3-11-27-16)22-7-9-26-10-8-22/h1-6,11-12,15H,7-10,13H2,(H,21,24)/t15-/m0/s1. The van der Waals surface area contributed by atoms with Crippen molar-refractivity contribution in [3.63, 3.8) is 0 Å². The average Bonchev–Trinajstić information content (AvgIpc) is 3.24. The summed E-state index contributed by atoms with van der Waals surface area (Å²) in [5.74, 6) is -0.402. The number of nitrogens with one attached hydrogen (secondary N) is 1. The van der Waals surface area contributed by atoms with Crippen molar-refractivity contribution in [1.82, 2.24) is 19.6 Å². The van der Waals surface area contributed by atoms with E-state index in [0.717, 1.165) is 13.1 Å². The smallest absolute Gasteiger partial charge is 0.270 e. The zero-order valence-electron chi connectivity index (χ0n) is 14.7. The number of carbonyl (C=O) groups is 1. The summed E-state index contributed by atoms with van der Waals surface area (Å²) < 4.78 is 6.82. The minimum absolute atomic E-state index is 0.0469. The molecule has 1 atom stereocenters. The van der Waals surface area contributed by atoms with Gasteiger partial charge >= 0.3 is 0 Å². The number of fused-ring (bicyclic) bond motifs is 1. The van der Waals surface area contributed by atoms with Crippen LogP contribution in [0.3, 0.4) is 0 Å². The minimum atomic E-state index is -0.402. The molecular formula is C19H20N4O3S. The van der Waals surface area contributed by atoms with Crippen LogP contribution in [0.4, 0.5) is 0 Å². The number of rotatable bonds is 5. The third kappa shape index (κ3) is 3.78. The third-order valence-electron chi connectivity index (χ3n) is 4.67. The van der Waals surface area contributed by atoms with Crippen molar-refractivity contribution in [2.75, 3.05) is 32.8 Å². The maximum absolute atomic E-state index is 12.7. The molecule has 1 amide bonds. The summed E-state index contributed by atoms with van der Waals surface area (Å²) in [5, 5.41) is 4.95. The zero-order valence-corrected chi connectivity index (χ0v) is 15.5. The average molecular weight is 384 g/mol. The van der Waals surface area contributed by atoms with Crippen LogP contribution in [0, 0.1) is 0 Å². The number of hydrogen-bond acceptors (Lipinski definition) is 6. The molecule has 0 bridgehead atoms. The third-order valence-corrected chi connectivity index (χ3v) is 5.65. The van der Waals surface area contributed by atoms with Gasteiger partial charge in [-0.05, 0) is 23.6 Å². The fourth-order valence-electron chi connectivity index (χ4n) is 3.25. The van der Waals surface area contributed by atoms with Gasteiger partial charge in [-0.25, -0.2) is 4.98 Å². The molecule has 8 heteroatoms. The molecular weight excluding hydrogens is 364 g/mol. The van der Waals surface area contributed by atoms with Gasteiger partial charge in [0, 0.05) is 36.9 Å². The highest BCUT2D eigenvalue weighted by Crippen LogP contribution is 2.25. The number of nitrogens with zero attached hydrogens (tertiary/aromatic N) is 3. The van der Waals surface area contributed by atoms with Gasteiger partial charge in [-0.1, -0.05) is 12.1 Å². The molecule has 27 heavy (non-hydrogen) atoms. The van der Waals surface area contributed by atoms with Crippen molar-refractivity contribution in [3.05, 3.63) is 68.9 Å². The monoisotopic (exact) mass is 384 g/mol. The zero-order chi connectivity index (χ0) is 18.6. The van der Waals surface area contributed by atoms with Crippen molar-refractivity contribution in [3.8, 4) is 0 Å². The van der Waals surface area contributed by atoms with E-state index in [1.54, 1.807) is 35.7 Å². The van der Waals surface area contributed by atoms with Crippen molar-refractivity contribution >= 4 is 22.9 Å². The van der Waals surface area contributed by atoms with Gasteiger partial charge in [0.1, 0.15) is 11.2 Å². The highest BCUT2D eigenvalue weighted by molar-refractivity contribution is 7.10. The van der Waals surface area contributed by atoms with Crippen LogP contribution in [0.15, 0.2) is 52.9 Å². The van der Waals surface area contributed by atoms with Crippen molar-refractivity contribution in [2.45, 2.75) is 6.04 Å². The summed E-state index contributed by atoms with van der Waals surface area (Å²) in [6, 6.07) is 9.42. The number of thiophene rings is 1. The summed E-state index contributed by atoms with van der Waals surface area (Å²) in [7, 11) is 0. The van der Waals surface area contributed by atoms with E-state index in [9.17, 15) is 9.59 Å². The van der Waals surface area contributed by atoms with Gasteiger partial charge in [0.2, 0.25) is 0 Å². The van der Waals surface area contributed by atoms with Gasteiger partial charge in [0.15, 0.2) is 0 Å². The van der Waals surface area contributed by atoms with E-state index >= 15 is 0 Å². The maximum atomic E-state index is 12.7. The van der Waals surface area contributed by atoms with Gasteiger partial charge in [-0.2, -0.15) is 0 Å². The molecule has 1 N–H and O–H groups in total. The highest BCUT2D eigenvalue weighted by atomic mass is 32.1. The van der Waals surface area contributed by atoms with Crippen LogP contribution in [0.5, 0.6) is 0 Å². The van der Waals surface area contributed by atoms with Crippen LogP contribution in [0.1, 0.15) is 21.3 Å². The maximum Gasteiger partial charge on any atom is 0.270 e. The second-order valence-corrected chi connectivity index (χ2v) is 7.27. The Morgan fingerprint density at radius 3 is 2.89 bits per heavy atom. The Balaban J connectivity index is 1.53. The SMILES string of the molecule is O=C(NC[C@@H](c1cccs1)N1CCOCC1)c1cnc2ccccn2c1=O. The second-order valence-electron chi connectivity index (χ2n) is 6.30. The molecule has 0 saturated carbocycles. The van der Waals surface area contributed by atoms with Crippen molar-refractivity contribution in [2.24, 2.45) is 0 Å². The summed E-state index contributed by atoms with van der Waals surface area (Å²) >= 11 is 1.67. The predicted molar refractivity (Wildman–Crippen MR) is 103 cm³/mol. The van der Waals surface area contributed by atoms with Crippen LogP contribution in [0.2, 0.25) is 0 Å². The molecule has 7 nitrogen and oxygen atoms in total. The lowest BCUT2D eigenvalue weighted by molar-refractivity contribution is 0.0169. The molecule has 1 fully saturated rings. The minimum Gasteiger partial charge on any atom is -0.379 e. The highest BCUT2D eigenvalue weighted by Gasteiger charge is 2.24. The first-order valence-electron chi connectivity index (χ1n) is 8.84. The van der Waals surface area contributed by atoms with Gasteiger partial charge < -0.3 is 10.1 Å². The summed E-state index contributed by atoms with van der Waals surface area (Å²) in [6.45, 7) is 3.44. The molecule has 0 aliphatic carbocycles. The number of ether oxygens (including phenoxy) is 1. The van der Waals surface area contributed by atoms with E-state index < -0.39 is 5.91 Å². The number of hydrogen-bond donors (Lipinski definition) is 1. The first-order valence-corrected chi connectivity index (χ1v) is 9.72. The number of carbonyl (C=O) groups excluding carboxylic acids is 1. The molecule has 3 aromatic rings. The van der Waals surface area contributed by atoms with E-state index in [2.05, 4.69) is 21.3 Å². The van der Waals surface area contributed by atoms with E-state index in [1.807, 2.05) is 11.4 Å². The summed E-state index contributed by atoms with van der Waals surface area (Å²) in [4.78, 5) is 32.9. The fourth-order valence-corrected chi connectivity index (χ4v) is 4.11. The molecule has 3 aromatic heterocycles. The Morgan fingerprint density at radius 2 is 2.11 bits per heavy atom. The molecule has 0 spiro atoms. The normalized spacial score (nSPS) is 16.3. The molecule has 4 heterocycles. The first kappa shape index (κ1) is 17.8. The molecule has 140 valence electrons. The molecule has 1 aliphatic rings. The van der Waals surface area contributed by atoms with Crippen LogP contribution in [-0.4, -0.2) is 53.0 Å². The van der Waals surface area contributed by atoms with Crippen LogP contribution >= 0.6 is 11.3 Å². The topological polar surface area (TPSA) is 75.9 Å². The number of aromatic nitrogens is 2. The predicted octanol–water partition coefficient (Wildman–Crippen LogP) is 1.56. The first-order chi connectivity index (χ1) is 13.2. The largest absolute Gasteiger partial charge is 0.379 e. The Hall–Kier alpha value is -2.55. The number of pyridine rings is 1. The lowest BCUT2D eigenvalue weighted by atomic mass is 10.1. The fraction of sp³-hybridized carbons (Fsp3) is 0.316. The lowest BCUT2D eigenvalue weighted by Gasteiger charge is -2.34. The molecule has 1 saturated heterocycles. The van der Waals surface area contributed by atoms with Crippen LogP contribution in [0.25, 0.3) is 5.65 Å². The summed E-state index contributed by atoms with van der Waals surface area (Å²) in [6.07, 6.45) is 2.96. The second kappa shape index (κ2) is 7.99. The Labute approximate surface area is 160 Å². The quantitative estimate of drug-likeness (QED) is 0.723. The Morgan fingerprint density at radius 1 is 1.26 bits per heavy atom. The van der Waals surface area contributed by atoms with Crippen LogP contribution < -0.4 is 10.9 Å².